The van der Waals surface area contributed by atoms with Gasteiger partial charge in [-0.05, 0) is 23.6 Å². The van der Waals surface area contributed by atoms with Crippen LogP contribution in [0, 0.1) is 0 Å². The van der Waals surface area contributed by atoms with Gasteiger partial charge in [-0.1, -0.05) is 26.0 Å². The van der Waals surface area contributed by atoms with E-state index >= 15 is 0 Å². The van der Waals surface area contributed by atoms with Crippen molar-refractivity contribution in [3.8, 4) is 5.75 Å². The summed E-state index contributed by atoms with van der Waals surface area (Å²) in [5, 5.41) is 0. The molecule has 0 aliphatic heterocycles. The van der Waals surface area contributed by atoms with Gasteiger partial charge in [-0.3, -0.25) is 4.79 Å². The molecule has 2 N–H and O–H groups in total. The van der Waals surface area contributed by atoms with Crippen molar-refractivity contribution in [2.75, 3.05) is 13.2 Å². The molecule has 0 saturated heterocycles. The molecule has 0 bridgehead atoms. The van der Waals surface area contributed by atoms with Crippen molar-refractivity contribution >= 4 is 11.9 Å². The molecule has 0 radical (unpaired) electrons. The van der Waals surface area contributed by atoms with Crippen LogP contribution in [0.1, 0.15) is 25.3 Å². The minimum atomic E-state index is -0.690. The Kier molecular flexibility index (Phi) is 5.17. The maximum Gasteiger partial charge on any atom is 0.344 e. The third-order valence-electron chi connectivity index (χ3n) is 2.28. The van der Waals surface area contributed by atoms with Crippen LogP contribution in [0.4, 0.5) is 0 Å². The lowest BCUT2D eigenvalue weighted by molar-refractivity contribution is -0.149. The second-order valence-corrected chi connectivity index (χ2v) is 4.14. The summed E-state index contributed by atoms with van der Waals surface area (Å²) in [4.78, 5) is 21.5. The van der Waals surface area contributed by atoms with Gasteiger partial charge in [0.05, 0.1) is 0 Å². The molecule has 0 aliphatic carbocycles. The van der Waals surface area contributed by atoms with Crippen molar-refractivity contribution in [2.45, 2.75) is 19.8 Å². The molecule has 0 heterocycles. The minimum absolute atomic E-state index is 0.242. The molecule has 5 nitrogen and oxygen atoms in total. The summed E-state index contributed by atoms with van der Waals surface area (Å²) in [7, 11) is 0. The van der Waals surface area contributed by atoms with Gasteiger partial charge in [0.15, 0.2) is 13.2 Å². The zero-order chi connectivity index (χ0) is 13.5. The molecule has 0 saturated carbocycles. The molecule has 0 aromatic heterocycles. The Balaban J connectivity index is 2.39. The van der Waals surface area contributed by atoms with Crippen molar-refractivity contribution in [2.24, 2.45) is 5.73 Å². The number of hydrogen-bond acceptors (Lipinski definition) is 4. The number of ether oxygens (including phenoxy) is 2. The number of hydrogen-bond donors (Lipinski definition) is 1. The lowest BCUT2D eigenvalue weighted by atomic mass is 10.0. The number of esters is 1. The molecule has 1 aromatic carbocycles. The fraction of sp³-hybridized carbons (Fsp3) is 0.385. The Labute approximate surface area is 106 Å². The van der Waals surface area contributed by atoms with E-state index in [-0.39, 0.29) is 6.61 Å². The maximum absolute atomic E-state index is 11.1. The maximum atomic E-state index is 11.1. The first-order valence-corrected chi connectivity index (χ1v) is 5.65. The van der Waals surface area contributed by atoms with Gasteiger partial charge in [0.1, 0.15) is 5.75 Å². The molecule has 0 fully saturated rings. The van der Waals surface area contributed by atoms with Gasteiger partial charge in [-0.25, -0.2) is 4.79 Å². The van der Waals surface area contributed by atoms with Crippen LogP contribution in [0.25, 0.3) is 0 Å². The van der Waals surface area contributed by atoms with E-state index in [0.29, 0.717) is 11.7 Å². The smallest absolute Gasteiger partial charge is 0.344 e. The van der Waals surface area contributed by atoms with E-state index in [0.717, 1.165) is 0 Å². The van der Waals surface area contributed by atoms with Crippen molar-refractivity contribution in [3.63, 3.8) is 0 Å². The third kappa shape index (κ3) is 4.86. The molecule has 0 spiro atoms. The SMILES string of the molecule is CC(C)c1ccc(OCC(=O)OCC(N)=O)cc1. The summed E-state index contributed by atoms with van der Waals surface area (Å²) in [5.74, 6) is -0.290. The largest absolute Gasteiger partial charge is 0.482 e. The number of primary amides is 1. The van der Waals surface area contributed by atoms with Crippen LogP contribution in [-0.4, -0.2) is 25.1 Å². The Morgan fingerprint density at radius 1 is 1.17 bits per heavy atom. The molecule has 98 valence electrons. The quantitative estimate of drug-likeness (QED) is 0.771. The predicted octanol–water partition coefficient (Wildman–Crippen LogP) is 1.22. The average Bonchev–Trinajstić information content (AvgIpc) is 2.34. The van der Waals surface area contributed by atoms with Crippen LogP contribution in [0.5, 0.6) is 5.75 Å². The molecule has 1 rings (SSSR count). The van der Waals surface area contributed by atoms with E-state index < -0.39 is 18.5 Å². The first-order chi connectivity index (χ1) is 8.49. The van der Waals surface area contributed by atoms with Crippen LogP contribution in [0.2, 0.25) is 0 Å². The summed E-state index contributed by atoms with van der Waals surface area (Å²) in [5.41, 5.74) is 6.03. The molecule has 0 atom stereocenters. The van der Waals surface area contributed by atoms with Crippen molar-refractivity contribution in [3.05, 3.63) is 29.8 Å². The van der Waals surface area contributed by atoms with Gasteiger partial charge in [0.2, 0.25) is 0 Å². The lowest BCUT2D eigenvalue weighted by Gasteiger charge is -2.08. The monoisotopic (exact) mass is 251 g/mol. The molecule has 0 aliphatic rings. The third-order valence-corrected chi connectivity index (χ3v) is 2.28. The van der Waals surface area contributed by atoms with Crippen LogP contribution in [0.15, 0.2) is 24.3 Å². The highest BCUT2D eigenvalue weighted by molar-refractivity contribution is 5.79. The van der Waals surface area contributed by atoms with Crippen molar-refractivity contribution in [1.82, 2.24) is 0 Å². The highest BCUT2D eigenvalue weighted by Crippen LogP contribution is 2.18. The van der Waals surface area contributed by atoms with Crippen LogP contribution >= 0.6 is 0 Å². The first-order valence-electron chi connectivity index (χ1n) is 5.65. The van der Waals surface area contributed by atoms with E-state index in [1.54, 1.807) is 12.1 Å². The van der Waals surface area contributed by atoms with E-state index in [2.05, 4.69) is 18.6 Å². The minimum Gasteiger partial charge on any atom is -0.482 e. The molecule has 18 heavy (non-hydrogen) atoms. The highest BCUT2D eigenvalue weighted by atomic mass is 16.6. The standard InChI is InChI=1S/C13H17NO4/c1-9(2)10-3-5-11(6-4-10)17-8-13(16)18-7-12(14)15/h3-6,9H,7-8H2,1-2H3,(H2,14,15). The molecular formula is C13H17NO4. The van der Waals surface area contributed by atoms with Gasteiger partial charge >= 0.3 is 5.97 Å². The Hall–Kier alpha value is -2.04. The first kappa shape index (κ1) is 14.0. The van der Waals surface area contributed by atoms with Crippen molar-refractivity contribution in [1.29, 1.82) is 0 Å². The van der Waals surface area contributed by atoms with E-state index in [1.165, 1.54) is 5.56 Å². The fourth-order valence-corrected chi connectivity index (χ4v) is 1.28. The van der Waals surface area contributed by atoms with E-state index in [4.69, 9.17) is 10.5 Å². The van der Waals surface area contributed by atoms with Gasteiger partial charge in [-0.2, -0.15) is 0 Å². The molecule has 1 aromatic rings. The van der Waals surface area contributed by atoms with Crippen LogP contribution in [0.3, 0.4) is 0 Å². The normalized spacial score (nSPS) is 10.2. The van der Waals surface area contributed by atoms with Crippen molar-refractivity contribution < 1.29 is 19.1 Å². The summed E-state index contributed by atoms with van der Waals surface area (Å²) >= 11 is 0. The van der Waals surface area contributed by atoms with Gasteiger partial charge in [0, 0.05) is 0 Å². The summed E-state index contributed by atoms with van der Waals surface area (Å²) in [6, 6.07) is 7.46. The summed E-state index contributed by atoms with van der Waals surface area (Å²) < 4.78 is 9.76. The Bertz CT molecular complexity index is 412. The second kappa shape index (κ2) is 6.64. The topological polar surface area (TPSA) is 78.6 Å². The van der Waals surface area contributed by atoms with Crippen LogP contribution in [-0.2, 0) is 14.3 Å². The number of nitrogens with two attached hydrogens (primary N) is 1. The number of carbonyl (C=O) groups excluding carboxylic acids is 2. The molecular weight excluding hydrogens is 234 g/mol. The highest BCUT2D eigenvalue weighted by Gasteiger charge is 2.06. The average molecular weight is 251 g/mol. The summed E-state index contributed by atoms with van der Waals surface area (Å²) in [6.07, 6.45) is 0. The number of benzene rings is 1. The van der Waals surface area contributed by atoms with E-state index in [1.807, 2.05) is 12.1 Å². The zero-order valence-electron chi connectivity index (χ0n) is 10.5. The van der Waals surface area contributed by atoms with Gasteiger partial charge < -0.3 is 15.2 Å². The predicted molar refractivity (Wildman–Crippen MR) is 66.2 cm³/mol. The van der Waals surface area contributed by atoms with E-state index in [9.17, 15) is 9.59 Å². The second-order valence-electron chi connectivity index (χ2n) is 4.14. The molecule has 0 unspecified atom stereocenters. The Morgan fingerprint density at radius 2 is 1.78 bits per heavy atom. The molecule has 1 amide bonds. The fourth-order valence-electron chi connectivity index (χ4n) is 1.28. The van der Waals surface area contributed by atoms with Crippen LogP contribution < -0.4 is 10.5 Å². The summed E-state index contributed by atoms with van der Waals surface area (Å²) in [6.45, 7) is 3.52. The Morgan fingerprint density at radius 3 is 2.28 bits per heavy atom. The number of rotatable bonds is 6. The number of carbonyl (C=O) groups is 2. The zero-order valence-corrected chi connectivity index (χ0v) is 10.5. The molecule has 5 heteroatoms. The van der Waals surface area contributed by atoms with Gasteiger partial charge in [-0.15, -0.1) is 0 Å². The lowest BCUT2D eigenvalue weighted by Crippen LogP contribution is -2.23. The number of amides is 1. The van der Waals surface area contributed by atoms with Gasteiger partial charge in [0.25, 0.3) is 5.91 Å².